The Labute approximate surface area is 220 Å². The van der Waals surface area contributed by atoms with Crippen LogP contribution in [0.2, 0.25) is 0 Å². The molecule has 0 rings (SSSR count). The normalized spacial score (nSPS) is 10.7. The molecule has 1 unspecified atom stereocenters. The van der Waals surface area contributed by atoms with Crippen molar-refractivity contribution in [2.45, 2.75) is 204 Å². The maximum absolute atomic E-state index is 11.9. The van der Waals surface area contributed by atoms with Gasteiger partial charge >= 0.3 is 0 Å². The molecule has 0 aliphatic carbocycles. The minimum Gasteiger partial charge on any atom is -0.300 e. The van der Waals surface area contributed by atoms with Gasteiger partial charge in [-0.3, -0.25) is 4.79 Å². The average molecular weight is 485 g/mol. The van der Waals surface area contributed by atoms with Crippen molar-refractivity contribution in [1.29, 1.82) is 0 Å². The van der Waals surface area contributed by atoms with Crippen LogP contribution in [-0.2, 0) is 4.79 Å². The van der Waals surface area contributed by atoms with E-state index in [1.807, 2.05) is 0 Å². The van der Waals surface area contributed by atoms with Crippen LogP contribution in [0.5, 0.6) is 0 Å². The lowest BCUT2D eigenvalue weighted by molar-refractivity contribution is -0.120. The third-order valence-corrected chi connectivity index (χ3v) is 6.03. The molecule has 1 atom stereocenters. The largest absolute Gasteiger partial charge is 0.300 e. The summed E-state index contributed by atoms with van der Waals surface area (Å²) in [6.07, 6.45) is 28.1. The van der Waals surface area contributed by atoms with Crippen molar-refractivity contribution in [3.8, 4) is 0 Å². The van der Waals surface area contributed by atoms with Gasteiger partial charge in [0.1, 0.15) is 5.78 Å². The standard InChI is InChI=1S/C18H36O.C7H16.C5H12.C3H8/c1-4-7-9-10-11-12-13-15-18(19)16-17(6-3)14-8-5-2;1-3-5-7-6-4-2;1-3-5-4-2;1-3-2/h17H,4-16H2,1-3H3;3-7H2,1-2H3;3-5H2,1-2H3;3H2,1-2H3. The van der Waals surface area contributed by atoms with E-state index in [0.717, 1.165) is 19.3 Å². The molecule has 0 heterocycles. The molecule has 34 heavy (non-hydrogen) atoms. The van der Waals surface area contributed by atoms with Crippen LogP contribution < -0.4 is 0 Å². The summed E-state index contributed by atoms with van der Waals surface area (Å²) in [5.74, 6) is 1.16. The van der Waals surface area contributed by atoms with E-state index in [0.29, 0.717) is 11.7 Å². The zero-order valence-electron chi connectivity index (χ0n) is 26.0. The molecule has 0 fully saturated rings. The molecule has 0 spiro atoms. The molecule has 0 saturated heterocycles. The number of hydrogen-bond acceptors (Lipinski definition) is 1. The summed E-state index contributed by atoms with van der Waals surface area (Å²) in [4.78, 5) is 11.9. The van der Waals surface area contributed by atoms with Crippen molar-refractivity contribution >= 4 is 5.78 Å². The molecule has 1 heteroatoms. The molecule has 0 aromatic carbocycles. The van der Waals surface area contributed by atoms with Crippen molar-refractivity contribution in [3.05, 3.63) is 0 Å². The van der Waals surface area contributed by atoms with Crippen LogP contribution in [0.1, 0.15) is 204 Å². The van der Waals surface area contributed by atoms with E-state index in [2.05, 4.69) is 62.3 Å². The molecule has 0 radical (unpaired) electrons. The van der Waals surface area contributed by atoms with E-state index in [4.69, 9.17) is 0 Å². The molecule has 0 N–H and O–H groups in total. The second kappa shape index (κ2) is 42.8. The van der Waals surface area contributed by atoms with Gasteiger partial charge in [0.15, 0.2) is 0 Å². The van der Waals surface area contributed by atoms with Gasteiger partial charge in [-0.25, -0.2) is 0 Å². The van der Waals surface area contributed by atoms with Crippen molar-refractivity contribution in [2.24, 2.45) is 5.92 Å². The van der Waals surface area contributed by atoms with Gasteiger partial charge in [0.2, 0.25) is 0 Å². The van der Waals surface area contributed by atoms with Crippen LogP contribution in [0.25, 0.3) is 0 Å². The number of rotatable bonds is 20. The highest BCUT2D eigenvalue weighted by Crippen LogP contribution is 2.19. The van der Waals surface area contributed by atoms with Crippen LogP contribution in [0.4, 0.5) is 0 Å². The minimum absolute atomic E-state index is 0.511. The molecule has 0 aromatic heterocycles. The lowest BCUT2D eigenvalue weighted by Crippen LogP contribution is -2.07. The Morgan fingerprint density at radius 2 is 0.824 bits per heavy atom. The van der Waals surface area contributed by atoms with Gasteiger partial charge in [-0.05, 0) is 12.3 Å². The molecular weight excluding hydrogens is 412 g/mol. The SMILES string of the molecule is CCC.CCCCC.CCCCCCC.CCCCCCCCCC(=O)CC(CC)CCCC. The van der Waals surface area contributed by atoms with Gasteiger partial charge in [0, 0.05) is 12.8 Å². The molecular formula is C33H72O. The monoisotopic (exact) mass is 485 g/mol. The summed E-state index contributed by atoms with van der Waals surface area (Å²) in [6.45, 7) is 19.9. The van der Waals surface area contributed by atoms with E-state index >= 15 is 0 Å². The number of Topliss-reactive ketones (excluding diaryl/α,β-unsaturated/α-hetero) is 1. The highest BCUT2D eigenvalue weighted by Gasteiger charge is 2.11. The fraction of sp³-hybridized carbons (Fsp3) is 0.970. The highest BCUT2D eigenvalue weighted by molar-refractivity contribution is 5.78. The van der Waals surface area contributed by atoms with Gasteiger partial charge in [-0.2, -0.15) is 0 Å². The molecule has 210 valence electrons. The van der Waals surface area contributed by atoms with Gasteiger partial charge < -0.3 is 0 Å². The Morgan fingerprint density at radius 1 is 0.471 bits per heavy atom. The van der Waals surface area contributed by atoms with Gasteiger partial charge in [-0.15, -0.1) is 0 Å². The molecule has 0 bridgehead atoms. The maximum Gasteiger partial charge on any atom is 0.133 e. The van der Waals surface area contributed by atoms with E-state index in [1.54, 1.807) is 0 Å². The summed E-state index contributed by atoms with van der Waals surface area (Å²) in [5, 5.41) is 0. The minimum atomic E-state index is 0.511. The van der Waals surface area contributed by atoms with E-state index in [-0.39, 0.29) is 0 Å². The molecule has 0 aliphatic heterocycles. The zero-order chi connectivity index (χ0) is 26.7. The van der Waals surface area contributed by atoms with E-state index < -0.39 is 0 Å². The topological polar surface area (TPSA) is 17.1 Å². The summed E-state index contributed by atoms with van der Waals surface area (Å²) < 4.78 is 0. The Hall–Kier alpha value is -0.330. The third-order valence-electron chi connectivity index (χ3n) is 6.03. The summed E-state index contributed by atoms with van der Waals surface area (Å²) >= 11 is 0. The predicted octanol–water partition coefficient (Wildman–Crippen LogP) is 12.9. The predicted molar refractivity (Wildman–Crippen MR) is 161 cm³/mol. The molecule has 0 saturated carbocycles. The third kappa shape index (κ3) is 48.9. The van der Waals surface area contributed by atoms with Crippen LogP contribution in [0.15, 0.2) is 0 Å². The summed E-state index contributed by atoms with van der Waals surface area (Å²) in [5.41, 5.74) is 0. The fourth-order valence-corrected chi connectivity index (χ4v) is 3.68. The Balaban J connectivity index is -0.000000244. The summed E-state index contributed by atoms with van der Waals surface area (Å²) in [6, 6.07) is 0. The van der Waals surface area contributed by atoms with Crippen LogP contribution in [0.3, 0.4) is 0 Å². The maximum atomic E-state index is 11.9. The average Bonchev–Trinajstić information content (AvgIpc) is 2.83. The highest BCUT2D eigenvalue weighted by atomic mass is 16.1. The van der Waals surface area contributed by atoms with Crippen LogP contribution >= 0.6 is 0 Å². The van der Waals surface area contributed by atoms with Gasteiger partial charge in [0.25, 0.3) is 0 Å². The first-order valence-electron chi connectivity index (χ1n) is 16.0. The first-order chi connectivity index (χ1) is 16.5. The number of unbranched alkanes of at least 4 members (excludes halogenated alkanes) is 13. The Morgan fingerprint density at radius 3 is 1.18 bits per heavy atom. The molecule has 0 amide bonds. The van der Waals surface area contributed by atoms with Crippen molar-refractivity contribution in [1.82, 2.24) is 0 Å². The summed E-state index contributed by atoms with van der Waals surface area (Å²) in [7, 11) is 0. The molecule has 0 aromatic rings. The van der Waals surface area contributed by atoms with Crippen molar-refractivity contribution in [2.75, 3.05) is 0 Å². The second-order valence-corrected chi connectivity index (χ2v) is 10.2. The van der Waals surface area contributed by atoms with E-state index in [9.17, 15) is 4.79 Å². The molecule has 1 nitrogen and oxygen atoms in total. The Kier molecular flexibility index (Phi) is 51.4. The lowest BCUT2D eigenvalue weighted by Gasteiger charge is -2.13. The van der Waals surface area contributed by atoms with Crippen molar-refractivity contribution < 1.29 is 4.79 Å². The van der Waals surface area contributed by atoms with Gasteiger partial charge in [-0.1, -0.05) is 184 Å². The zero-order valence-corrected chi connectivity index (χ0v) is 26.0. The van der Waals surface area contributed by atoms with Gasteiger partial charge in [0.05, 0.1) is 0 Å². The quantitative estimate of drug-likeness (QED) is 0.157. The number of hydrogen-bond donors (Lipinski definition) is 0. The van der Waals surface area contributed by atoms with Crippen molar-refractivity contribution in [3.63, 3.8) is 0 Å². The number of carbonyl (C=O) groups is 1. The van der Waals surface area contributed by atoms with E-state index in [1.165, 1.54) is 122 Å². The lowest BCUT2D eigenvalue weighted by atomic mass is 9.92. The number of carbonyl (C=O) groups excluding carboxylic acids is 1. The van der Waals surface area contributed by atoms with Crippen LogP contribution in [-0.4, -0.2) is 5.78 Å². The smallest absolute Gasteiger partial charge is 0.133 e. The second-order valence-electron chi connectivity index (χ2n) is 10.2. The van der Waals surface area contributed by atoms with Crippen LogP contribution in [0, 0.1) is 5.92 Å². The first kappa shape index (κ1) is 40.8. The first-order valence-corrected chi connectivity index (χ1v) is 16.0. The number of ketones is 1. The Bertz CT molecular complexity index is 304. The molecule has 0 aliphatic rings. The fourth-order valence-electron chi connectivity index (χ4n) is 3.68.